The first-order chi connectivity index (χ1) is 13.1. The highest BCUT2D eigenvalue weighted by Crippen LogP contribution is 2.17. The summed E-state index contributed by atoms with van der Waals surface area (Å²) in [4.78, 5) is 14.5. The number of hydrazone groups is 1. The molecule has 1 amide bonds. The summed E-state index contributed by atoms with van der Waals surface area (Å²) in [6.45, 7) is 6.20. The van der Waals surface area contributed by atoms with Crippen molar-refractivity contribution in [2.24, 2.45) is 12.1 Å². The van der Waals surface area contributed by atoms with E-state index >= 15 is 0 Å². The molecule has 0 bridgehead atoms. The Bertz CT molecular complexity index is 918. The van der Waals surface area contributed by atoms with Crippen LogP contribution in [0.25, 0.3) is 11.4 Å². The Kier molecular flexibility index (Phi) is 5.71. The van der Waals surface area contributed by atoms with E-state index in [1.807, 2.05) is 42.1 Å². The summed E-state index contributed by atoms with van der Waals surface area (Å²) < 4.78 is 1.94. The molecule has 7 heteroatoms. The van der Waals surface area contributed by atoms with E-state index in [-0.39, 0.29) is 5.91 Å². The number of hydrogen-bond acceptors (Lipinski definition) is 4. The van der Waals surface area contributed by atoms with Crippen molar-refractivity contribution >= 4 is 17.8 Å². The highest BCUT2D eigenvalue weighted by molar-refractivity contribution is 5.94. The number of H-pyrrole nitrogens is 1. The number of amides is 1. The first-order valence-corrected chi connectivity index (χ1v) is 8.98. The number of nitrogens with one attached hydrogen (secondary N) is 2. The van der Waals surface area contributed by atoms with Crippen LogP contribution in [0, 0.1) is 0 Å². The second-order valence-corrected chi connectivity index (χ2v) is 6.13. The van der Waals surface area contributed by atoms with E-state index < -0.39 is 0 Å². The molecular weight excluding hydrogens is 340 g/mol. The number of aryl methyl sites for hydroxylation is 1. The summed E-state index contributed by atoms with van der Waals surface area (Å²) >= 11 is 0. The Hall–Kier alpha value is -3.35. The maximum atomic E-state index is 12.2. The highest BCUT2D eigenvalue weighted by Gasteiger charge is 2.11. The van der Waals surface area contributed by atoms with Crippen LogP contribution in [-0.2, 0) is 7.05 Å². The molecule has 0 atom stereocenters. The van der Waals surface area contributed by atoms with Gasteiger partial charge in [0, 0.05) is 32.0 Å². The van der Waals surface area contributed by atoms with E-state index in [4.69, 9.17) is 0 Å². The zero-order valence-corrected chi connectivity index (χ0v) is 15.8. The third-order valence-electron chi connectivity index (χ3n) is 4.43. The van der Waals surface area contributed by atoms with Gasteiger partial charge in [-0.05, 0) is 49.7 Å². The third-order valence-corrected chi connectivity index (χ3v) is 4.43. The highest BCUT2D eigenvalue weighted by atomic mass is 16.2. The van der Waals surface area contributed by atoms with Crippen molar-refractivity contribution in [3.05, 3.63) is 59.9 Å². The molecule has 27 heavy (non-hydrogen) atoms. The summed E-state index contributed by atoms with van der Waals surface area (Å²) in [5.41, 5.74) is 6.62. The summed E-state index contributed by atoms with van der Waals surface area (Å²) in [5, 5.41) is 11.0. The maximum Gasteiger partial charge on any atom is 0.289 e. The number of carbonyl (C=O) groups is 1. The Morgan fingerprint density at radius 2 is 2.00 bits per heavy atom. The number of aromatic nitrogens is 3. The second kappa shape index (κ2) is 8.35. The molecule has 2 heterocycles. The average molecular weight is 364 g/mol. The normalized spacial score (nSPS) is 11.1. The number of nitrogens with zero attached hydrogens (tertiary/aromatic N) is 4. The Morgan fingerprint density at radius 3 is 2.63 bits per heavy atom. The summed E-state index contributed by atoms with van der Waals surface area (Å²) in [7, 11) is 1.93. The minimum Gasteiger partial charge on any atom is -0.372 e. The lowest BCUT2D eigenvalue weighted by Gasteiger charge is -2.20. The van der Waals surface area contributed by atoms with Gasteiger partial charge in [0.25, 0.3) is 5.91 Å². The van der Waals surface area contributed by atoms with Gasteiger partial charge in [-0.1, -0.05) is 12.1 Å². The molecule has 2 N–H and O–H groups in total. The van der Waals surface area contributed by atoms with Gasteiger partial charge in [0.1, 0.15) is 11.4 Å². The number of rotatable bonds is 7. The summed E-state index contributed by atoms with van der Waals surface area (Å²) in [6.07, 6.45) is 3.55. The van der Waals surface area contributed by atoms with Gasteiger partial charge in [0.05, 0.1) is 11.9 Å². The van der Waals surface area contributed by atoms with Crippen LogP contribution in [0.3, 0.4) is 0 Å². The lowest BCUT2D eigenvalue weighted by atomic mass is 10.2. The molecule has 0 saturated heterocycles. The minimum atomic E-state index is -0.334. The van der Waals surface area contributed by atoms with Gasteiger partial charge in [-0.25, -0.2) is 5.43 Å². The molecule has 140 valence electrons. The summed E-state index contributed by atoms with van der Waals surface area (Å²) in [5.74, 6) is -0.334. The lowest BCUT2D eigenvalue weighted by Crippen LogP contribution is -2.21. The number of aromatic amines is 1. The molecule has 3 aromatic rings. The van der Waals surface area contributed by atoms with Crippen molar-refractivity contribution in [3.8, 4) is 11.4 Å². The van der Waals surface area contributed by atoms with Gasteiger partial charge in [-0.2, -0.15) is 10.2 Å². The van der Waals surface area contributed by atoms with Gasteiger partial charge in [-0.3, -0.25) is 9.89 Å². The number of benzene rings is 1. The van der Waals surface area contributed by atoms with E-state index in [2.05, 4.69) is 51.6 Å². The van der Waals surface area contributed by atoms with Crippen LogP contribution in [0.4, 0.5) is 5.69 Å². The maximum absolute atomic E-state index is 12.2. The molecule has 0 aliphatic rings. The van der Waals surface area contributed by atoms with Crippen molar-refractivity contribution in [2.45, 2.75) is 13.8 Å². The van der Waals surface area contributed by atoms with Crippen LogP contribution in [0.15, 0.2) is 53.8 Å². The van der Waals surface area contributed by atoms with Crippen molar-refractivity contribution < 1.29 is 4.79 Å². The predicted octanol–water partition coefficient (Wildman–Crippen LogP) is 3.03. The van der Waals surface area contributed by atoms with Crippen molar-refractivity contribution in [1.29, 1.82) is 0 Å². The molecule has 0 radical (unpaired) electrons. The van der Waals surface area contributed by atoms with Crippen LogP contribution < -0.4 is 10.3 Å². The van der Waals surface area contributed by atoms with E-state index in [0.717, 1.165) is 24.3 Å². The summed E-state index contributed by atoms with van der Waals surface area (Å²) in [6, 6.07) is 13.6. The zero-order valence-electron chi connectivity index (χ0n) is 15.8. The number of anilines is 1. The fourth-order valence-electron chi connectivity index (χ4n) is 2.88. The first kappa shape index (κ1) is 18.4. The van der Waals surface area contributed by atoms with E-state index in [1.165, 1.54) is 5.69 Å². The van der Waals surface area contributed by atoms with Crippen LogP contribution >= 0.6 is 0 Å². The SMILES string of the molecule is CCN(CC)c1ccc(C=NNC(=O)c2cc(-c3cccn3C)n[nH]2)cc1. The first-order valence-electron chi connectivity index (χ1n) is 8.98. The van der Waals surface area contributed by atoms with Crippen LogP contribution in [-0.4, -0.2) is 40.0 Å². The Morgan fingerprint density at radius 1 is 1.26 bits per heavy atom. The molecule has 0 spiro atoms. The fraction of sp³-hybridized carbons (Fsp3) is 0.250. The fourth-order valence-corrected chi connectivity index (χ4v) is 2.88. The molecule has 3 rings (SSSR count). The van der Waals surface area contributed by atoms with Gasteiger partial charge in [0.2, 0.25) is 0 Å². The zero-order chi connectivity index (χ0) is 19.2. The number of hydrogen-bond donors (Lipinski definition) is 2. The van der Waals surface area contributed by atoms with E-state index in [1.54, 1.807) is 12.3 Å². The monoisotopic (exact) mass is 364 g/mol. The van der Waals surface area contributed by atoms with Crippen molar-refractivity contribution in [1.82, 2.24) is 20.2 Å². The van der Waals surface area contributed by atoms with Gasteiger partial charge in [-0.15, -0.1) is 0 Å². The van der Waals surface area contributed by atoms with E-state index in [0.29, 0.717) is 11.4 Å². The average Bonchev–Trinajstić information content (AvgIpc) is 3.32. The largest absolute Gasteiger partial charge is 0.372 e. The standard InChI is InChI=1S/C20H24N6O/c1-4-26(5-2)16-10-8-15(9-11-16)14-21-24-20(27)18-13-17(22-23-18)19-7-6-12-25(19)3/h6-14H,4-5H2,1-3H3,(H,22,23)(H,24,27). The van der Waals surface area contributed by atoms with Crippen LogP contribution in [0.5, 0.6) is 0 Å². The van der Waals surface area contributed by atoms with Gasteiger partial charge >= 0.3 is 0 Å². The molecule has 0 aliphatic heterocycles. The Labute approximate surface area is 158 Å². The van der Waals surface area contributed by atoms with Crippen LogP contribution in [0.1, 0.15) is 29.9 Å². The van der Waals surface area contributed by atoms with E-state index in [9.17, 15) is 4.79 Å². The Balaban J connectivity index is 1.60. The molecule has 7 nitrogen and oxygen atoms in total. The lowest BCUT2D eigenvalue weighted by molar-refractivity contribution is 0.0950. The predicted molar refractivity (Wildman–Crippen MR) is 108 cm³/mol. The number of carbonyl (C=O) groups excluding carboxylic acids is 1. The molecule has 0 fully saturated rings. The third kappa shape index (κ3) is 4.25. The topological polar surface area (TPSA) is 78.3 Å². The van der Waals surface area contributed by atoms with Crippen LogP contribution in [0.2, 0.25) is 0 Å². The second-order valence-electron chi connectivity index (χ2n) is 6.13. The van der Waals surface area contributed by atoms with Crippen molar-refractivity contribution in [3.63, 3.8) is 0 Å². The molecule has 1 aromatic carbocycles. The smallest absolute Gasteiger partial charge is 0.289 e. The molecule has 0 saturated carbocycles. The molecular formula is C20H24N6O. The molecule has 0 unspecified atom stereocenters. The minimum absolute atomic E-state index is 0.334. The van der Waals surface area contributed by atoms with Gasteiger partial charge in [0.15, 0.2) is 0 Å². The quantitative estimate of drug-likeness (QED) is 0.500. The molecule has 0 aliphatic carbocycles. The van der Waals surface area contributed by atoms with Crippen molar-refractivity contribution in [2.75, 3.05) is 18.0 Å². The van der Waals surface area contributed by atoms with Gasteiger partial charge < -0.3 is 9.47 Å². The molecule has 2 aromatic heterocycles.